The summed E-state index contributed by atoms with van der Waals surface area (Å²) < 4.78 is 24.4. The van der Waals surface area contributed by atoms with Gasteiger partial charge in [-0.1, -0.05) is 11.8 Å². The van der Waals surface area contributed by atoms with Gasteiger partial charge in [-0.2, -0.15) is 0 Å². The third kappa shape index (κ3) is 3.23. The SMILES string of the molecule is Cc1occc1Sc1cc(OC(C)C)c(F)cc1N. The Balaban J connectivity index is 2.32. The van der Waals surface area contributed by atoms with E-state index < -0.39 is 5.82 Å². The molecule has 0 aliphatic rings. The number of halogens is 1. The molecular formula is C14H16FNO2S. The Bertz CT molecular complexity index is 581. The molecule has 0 aliphatic carbocycles. The zero-order valence-corrected chi connectivity index (χ0v) is 11.9. The highest BCUT2D eigenvalue weighted by atomic mass is 32.2. The van der Waals surface area contributed by atoms with E-state index in [1.54, 1.807) is 12.3 Å². The van der Waals surface area contributed by atoms with Gasteiger partial charge in [-0.15, -0.1) is 0 Å². The number of nitrogen functional groups attached to an aromatic ring is 1. The van der Waals surface area contributed by atoms with Gasteiger partial charge in [-0.05, 0) is 32.9 Å². The van der Waals surface area contributed by atoms with E-state index in [4.69, 9.17) is 14.9 Å². The molecule has 0 radical (unpaired) electrons. The molecule has 0 saturated carbocycles. The van der Waals surface area contributed by atoms with E-state index >= 15 is 0 Å². The van der Waals surface area contributed by atoms with Gasteiger partial charge in [0.05, 0.1) is 17.3 Å². The van der Waals surface area contributed by atoms with E-state index in [9.17, 15) is 4.39 Å². The second-order valence-corrected chi connectivity index (χ2v) is 5.51. The van der Waals surface area contributed by atoms with Gasteiger partial charge in [0.15, 0.2) is 11.6 Å². The van der Waals surface area contributed by atoms with Crippen molar-refractivity contribution in [3.63, 3.8) is 0 Å². The van der Waals surface area contributed by atoms with Crippen molar-refractivity contribution in [2.75, 3.05) is 5.73 Å². The van der Waals surface area contributed by atoms with Crippen LogP contribution in [-0.2, 0) is 0 Å². The van der Waals surface area contributed by atoms with Gasteiger partial charge < -0.3 is 14.9 Å². The Morgan fingerprint density at radius 2 is 2.05 bits per heavy atom. The molecule has 0 unspecified atom stereocenters. The standard InChI is InChI=1S/C14H16FNO2S/c1-8(2)18-12-7-14(11(16)6-10(12)15)19-13-4-5-17-9(13)3/h4-8H,16H2,1-3H3. The van der Waals surface area contributed by atoms with Crippen LogP contribution in [0.1, 0.15) is 19.6 Å². The predicted octanol–water partition coefficient (Wildman–Crippen LogP) is 4.25. The van der Waals surface area contributed by atoms with Crippen LogP contribution in [0.3, 0.4) is 0 Å². The lowest BCUT2D eigenvalue weighted by Crippen LogP contribution is -2.07. The normalized spacial score (nSPS) is 11.0. The minimum atomic E-state index is -0.445. The number of nitrogens with two attached hydrogens (primary N) is 1. The average Bonchev–Trinajstić information content (AvgIpc) is 2.70. The molecular weight excluding hydrogens is 265 g/mol. The van der Waals surface area contributed by atoms with Crippen LogP contribution in [0, 0.1) is 12.7 Å². The lowest BCUT2D eigenvalue weighted by atomic mass is 10.3. The summed E-state index contributed by atoms with van der Waals surface area (Å²) in [7, 11) is 0. The van der Waals surface area contributed by atoms with Crippen LogP contribution in [0.15, 0.2) is 38.7 Å². The van der Waals surface area contributed by atoms with Gasteiger partial charge in [0.25, 0.3) is 0 Å². The number of benzene rings is 1. The van der Waals surface area contributed by atoms with Crippen molar-refractivity contribution >= 4 is 17.4 Å². The largest absolute Gasteiger partial charge is 0.488 e. The van der Waals surface area contributed by atoms with Crippen molar-refractivity contribution in [2.24, 2.45) is 0 Å². The molecule has 0 amide bonds. The van der Waals surface area contributed by atoms with Gasteiger partial charge in [0.2, 0.25) is 0 Å². The van der Waals surface area contributed by atoms with Crippen LogP contribution in [0.5, 0.6) is 5.75 Å². The minimum Gasteiger partial charge on any atom is -0.488 e. The maximum Gasteiger partial charge on any atom is 0.167 e. The molecule has 0 fully saturated rings. The number of ether oxygens (including phenoxy) is 1. The fourth-order valence-electron chi connectivity index (χ4n) is 1.58. The third-order valence-corrected chi connectivity index (χ3v) is 3.68. The van der Waals surface area contributed by atoms with E-state index in [0.717, 1.165) is 15.6 Å². The maximum absolute atomic E-state index is 13.7. The van der Waals surface area contributed by atoms with E-state index in [1.165, 1.54) is 17.8 Å². The van der Waals surface area contributed by atoms with Crippen molar-refractivity contribution in [1.82, 2.24) is 0 Å². The van der Waals surface area contributed by atoms with Gasteiger partial charge in [0, 0.05) is 16.6 Å². The van der Waals surface area contributed by atoms with E-state index in [2.05, 4.69) is 0 Å². The van der Waals surface area contributed by atoms with Crippen LogP contribution in [-0.4, -0.2) is 6.10 Å². The van der Waals surface area contributed by atoms with Gasteiger partial charge in [0.1, 0.15) is 5.76 Å². The van der Waals surface area contributed by atoms with E-state index in [-0.39, 0.29) is 11.9 Å². The van der Waals surface area contributed by atoms with Crippen molar-refractivity contribution in [1.29, 1.82) is 0 Å². The molecule has 5 heteroatoms. The molecule has 0 spiro atoms. The molecule has 0 saturated heterocycles. The summed E-state index contributed by atoms with van der Waals surface area (Å²) in [4.78, 5) is 1.70. The molecule has 102 valence electrons. The topological polar surface area (TPSA) is 48.4 Å². The molecule has 1 aromatic heterocycles. The first-order chi connectivity index (χ1) is 8.97. The van der Waals surface area contributed by atoms with E-state index in [0.29, 0.717) is 5.69 Å². The molecule has 2 N–H and O–H groups in total. The smallest absolute Gasteiger partial charge is 0.167 e. The summed E-state index contributed by atoms with van der Waals surface area (Å²) in [5.41, 5.74) is 6.23. The monoisotopic (exact) mass is 281 g/mol. The van der Waals surface area contributed by atoms with Crippen molar-refractivity contribution in [3.8, 4) is 5.75 Å². The first-order valence-electron chi connectivity index (χ1n) is 5.95. The van der Waals surface area contributed by atoms with Gasteiger partial charge in [-0.25, -0.2) is 4.39 Å². The number of hydrogen-bond acceptors (Lipinski definition) is 4. The van der Waals surface area contributed by atoms with Crippen LogP contribution in [0.4, 0.5) is 10.1 Å². The molecule has 1 aromatic carbocycles. The van der Waals surface area contributed by atoms with Crippen LogP contribution in [0.2, 0.25) is 0 Å². The molecule has 0 bridgehead atoms. The van der Waals surface area contributed by atoms with Gasteiger partial charge in [-0.3, -0.25) is 0 Å². The Morgan fingerprint density at radius 1 is 1.32 bits per heavy atom. The highest BCUT2D eigenvalue weighted by molar-refractivity contribution is 7.99. The number of anilines is 1. The van der Waals surface area contributed by atoms with Crippen LogP contribution < -0.4 is 10.5 Å². The summed E-state index contributed by atoms with van der Waals surface area (Å²) in [5.74, 6) is 0.576. The van der Waals surface area contributed by atoms with Crippen molar-refractivity contribution in [2.45, 2.75) is 36.7 Å². The minimum absolute atomic E-state index is 0.0911. The molecule has 0 atom stereocenters. The Kier molecular flexibility index (Phi) is 4.04. The molecule has 3 nitrogen and oxygen atoms in total. The zero-order chi connectivity index (χ0) is 14.0. The molecule has 2 rings (SSSR count). The quantitative estimate of drug-likeness (QED) is 0.851. The lowest BCUT2D eigenvalue weighted by Gasteiger charge is -2.13. The zero-order valence-electron chi connectivity index (χ0n) is 11.1. The predicted molar refractivity (Wildman–Crippen MR) is 74.1 cm³/mol. The number of rotatable bonds is 4. The summed E-state index contributed by atoms with van der Waals surface area (Å²) in [6.45, 7) is 5.57. The second-order valence-electron chi connectivity index (χ2n) is 4.43. The third-order valence-electron chi connectivity index (χ3n) is 2.46. The number of hydrogen-bond donors (Lipinski definition) is 1. The Labute approximate surface area is 115 Å². The van der Waals surface area contributed by atoms with Crippen LogP contribution >= 0.6 is 11.8 Å². The van der Waals surface area contributed by atoms with Gasteiger partial charge >= 0.3 is 0 Å². The highest BCUT2D eigenvalue weighted by Gasteiger charge is 2.13. The second kappa shape index (κ2) is 5.57. The highest BCUT2D eigenvalue weighted by Crippen LogP contribution is 2.37. The Hall–Kier alpha value is -1.62. The average molecular weight is 281 g/mol. The Morgan fingerprint density at radius 3 is 2.63 bits per heavy atom. The fraction of sp³-hybridized carbons (Fsp3) is 0.286. The maximum atomic E-state index is 13.7. The van der Waals surface area contributed by atoms with E-state index in [1.807, 2.05) is 26.8 Å². The first-order valence-corrected chi connectivity index (χ1v) is 6.76. The molecule has 2 aromatic rings. The summed E-state index contributed by atoms with van der Waals surface area (Å²) >= 11 is 1.43. The van der Waals surface area contributed by atoms with Crippen molar-refractivity contribution < 1.29 is 13.5 Å². The van der Waals surface area contributed by atoms with Crippen molar-refractivity contribution in [3.05, 3.63) is 36.0 Å². The molecule has 0 aliphatic heterocycles. The van der Waals surface area contributed by atoms with Crippen LogP contribution in [0.25, 0.3) is 0 Å². The summed E-state index contributed by atoms with van der Waals surface area (Å²) in [6, 6.07) is 4.77. The lowest BCUT2D eigenvalue weighted by molar-refractivity contribution is 0.230. The molecule has 19 heavy (non-hydrogen) atoms. The summed E-state index contributed by atoms with van der Waals surface area (Å²) in [5, 5.41) is 0. The fourth-order valence-corrected chi connectivity index (χ4v) is 2.48. The summed E-state index contributed by atoms with van der Waals surface area (Å²) in [6.07, 6.45) is 1.52. The number of aryl methyl sites for hydroxylation is 1. The first kappa shape index (κ1) is 13.8. The molecule has 1 heterocycles. The number of furan rings is 1.